The maximum Gasteiger partial charge on any atom is 0.139 e. The van der Waals surface area contributed by atoms with Gasteiger partial charge in [0.15, 0.2) is 0 Å². The van der Waals surface area contributed by atoms with Gasteiger partial charge < -0.3 is 15.8 Å². The highest BCUT2D eigenvalue weighted by Crippen LogP contribution is 2.24. The Morgan fingerprint density at radius 1 is 1.24 bits per heavy atom. The molecule has 0 fully saturated rings. The van der Waals surface area contributed by atoms with Crippen molar-refractivity contribution in [1.82, 2.24) is 9.97 Å². The molecule has 0 radical (unpaired) electrons. The Kier molecular flexibility index (Phi) is 4.98. The third-order valence-electron chi connectivity index (χ3n) is 3.11. The minimum Gasteiger partial charge on any atom is -0.494 e. The predicted octanol–water partition coefficient (Wildman–Crippen LogP) is 3.46. The smallest absolute Gasteiger partial charge is 0.139 e. The highest BCUT2D eigenvalue weighted by molar-refractivity contribution is 5.64. The fraction of sp³-hybridized carbons (Fsp3) is 0.375. The Balaban J connectivity index is 2.27. The molecule has 112 valence electrons. The van der Waals surface area contributed by atoms with Crippen LogP contribution in [0, 0.1) is 6.92 Å². The van der Waals surface area contributed by atoms with Crippen LogP contribution >= 0.6 is 0 Å². The Hall–Kier alpha value is -2.30. The van der Waals surface area contributed by atoms with Gasteiger partial charge in [-0.2, -0.15) is 0 Å². The molecule has 0 amide bonds. The number of nitrogens with one attached hydrogen (secondary N) is 1. The highest BCUT2D eigenvalue weighted by atomic mass is 16.5. The second-order valence-electron chi connectivity index (χ2n) is 4.83. The molecule has 3 N–H and O–H groups in total. The van der Waals surface area contributed by atoms with Crippen LogP contribution in [0.5, 0.6) is 5.75 Å². The lowest BCUT2D eigenvalue weighted by Crippen LogP contribution is -2.07. The normalized spacial score (nSPS) is 10.4. The minimum atomic E-state index is 0.525. The molecule has 0 aliphatic carbocycles. The van der Waals surface area contributed by atoms with Crippen molar-refractivity contribution in [2.45, 2.75) is 33.6 Å². The summed E-state index contributed by atoms with van der Waals surface area (Å²) in [6.07, 6.45) is 1.81. The van der Waals surface area contributed by atoms with Gasteiger partial charge in [-0.3, -0.25) is 0 Å². The molecule has 2 aromatic rings. The molecule has 21 heavy (non-hydrogen) atoms. The van der Waals surface area contributed by atoms with Crippen molar-refractivity contribution in [3.63, 3.8) is 0 Å². The van der Waals surface area contributed by atoms with Crippen LogP contribution in [0.15, 0.2) is 24.3 Å². The van der Waals surface area contributed by atoms with Gasteiger partial charge in [0.1, 0.15) is 23.2 Å². The van der Waals surface area contributed by atoms with Crippen LogP contribution in [0.2, 0.25) is 0 Å². The van der Waals surface area contributed by atoms with E-state index in [0.29, 0.717) is 12.4 Å². The average molecular weight is 286 g/mol. The van der Waals surface area contributed by atoms with Gasteiger partial charge in [0.25, 0.3) is 0 Å². The summed E-state index contributed by atoms with van der Waals surface area (Å²) in [6.45, 7) is 6.62. The molecule has 0 aliphatic rings. The van der Waals surface area contributed by atoms with Gasteiger partial charge in [-0.25, -0.2) is 9.97 Å². The summed E-state index contributed by atoms with van der Waals surface area (Å²) in [5.41, 5.74) is 7.75. The summed E-state index contributed by atoms with van der Waals surface area (Å²) < 4.78 is 5.50. The monoisotopic (exact) mass is 286 g/mol. The van der Waals surface area contributed by atoms with Crippen LogP contribution in [0.3, 0.4) is 0 Å². The molecular formula is C16H22N4O. The Morgan fingerprint density at radius 3 is 2.76 bits per heavy atom. The molecule has 0 saturated carbocycles. The summed E-state index contributed by atoms with van der Waals surface area (Å²) >= 11 is 0. The zero-order chi connectivity index (χ0) is 15.2. The third kappa shape index (κ3) is 3.84. The van der Waals surface area contributed by atoms with E-state index in [0.717, 1.165) is 41.5 Å². The first kappa shape index (κ1) is 15.1. The van der Waals surface area contributed by atoms with Gasteiger partial charge in [0, 0.05) is 23.7 Å². The number of hydrogen-bond donors (Lipinski definition) is 2. The van der Waals surface area contributed by atoms with Crippen LogP contribution in [-0.4, -0.2) is 16.6 Å². The predicted molar refractivity (Wildman–Crippen MR) is 86.1 cm³/mol. The summed E-state index contributed by atoms with van der Waals surface area (Å²) in [6, 6.07) is 7.79. The summed E-state index contributed by atoms with van der Waals surface area (Å²) in [4.78, 5) is 8.86. The highest BCUT2D eigenvalue weighted by Gasteiger charge is 2.09. The Morgan fingerprint density at radius 2 is 2.05 bits per heavy atom. The first-order chi connectivity index (χ1) is 10.1. The first-order valence-corrected chi connectivity index (χ1v) is 7.27. The van der Waals surface area contributed by atoms with Crippen LogP contribution in [0.1, 0.15) is 31.7 Å². The standard InChI is InChI=1S/C16H22N4O/c1-4-7-14-19-15(17)11(3)16(20-14)18-12-8-6-9-13(10-12)21-5-2/h6,8-10H,4-5,7H2,1-3H3,(H3,17,18,19,20). The summed E-state index contributed by atoms with van der Waals surface area (Å²) in [7, 11) is 0. The van der Waals surface area contributed by atoms with Gasteiger partial charge >= 0.3 is 0 Å². The zero-order valence-electron chi connectivity index (χ0n) is 12.8. The number of rotatable bonds is 6. The molecular weight excluding hydrogens is 264 g/mol. The van der Waals surface area contributed by atoms with Crippen LogP contribution in [-0.2, 0) is 6.42 Å². The van der Waals surface area contributed by atoms with Gasteiger partial charge in [0.05, 0.1) is 6.61 Å². The molecule has 0 atom stereocenters. The van der Waals surface area contributed by atoms with Gasteiger partial charge in [-0.15, -0.1) is 0 Å². The summed E-state index contributed by atoms with van der Waals surface area (Å²) in [5.74, 6) is 2.87. The number of aryl methyl sites for hydroxylation is 1. The fourth-order valence-electron chi connectivity index (χ4n) is 2.01. The van der Waals surface area contributed by atoms with Crippen LogP contribution < -0.4 is 15.8 Å². The van der Waals surface area contributed by atoms with E-state index < -0.39 is 0 Å². The third-order valence-corrected chi connectivity index (χ3v) is 3.11. The molecule has 5 nitrogen and oxygen atoms in total. The number of hydrogen-bond acceptors (Lipinski definition) is 5. The molecule has 0 aliphatic heterocycles. The number of ether oxygens (including phenoxy) is 1. The zero-order valence-corrected chi connectivity index (χ0v) is 12.8. The van der Waals surface area contributed by atoms with E-state index in [-0.39, 0.29) is 0 Å². The second kappa shape index (κ2) is 6.92. The van der Waals surface area contributed by atoms with Crippen molar-refractivity contribution in [2.24, 2.45) is 0 Å². The molecule has 2 rings (SSSR count). The molecule has 0 unspecified atom stereocenters. The van der Waals surface area contributed by atoms with Crippen molar-refractivity contribution in [1.29, 1.82) is 0 Å². The lowest BCUT2D eigenvalue weighted by molar-refractivity contribution is 0.340. The van der Waals surface area contributed by atoms with E-state index in [9.17, 15) is 0 Å². The number of nitrogens with zero attached hydrogens (tertiary/aromatic N) is 2. The maximum atomic E-state index is 5.97. The molecule has 1 heterocycles. The molecule has 0 bridgehead atoms. The van der Waals surface area contributed by atoms with E-state index in [1.165, 1.54) is 0 Å². The number of anilines is 3. The topological polar surface area (TPSA) is 73.1 Å². The minimum absolute atomic E-state index is 0.525. The molecule has 1 aromatic heterocycles. The fourth-order valence-corrected chi connectivity index (χ4v) is 2.01. The Bertz CT molecular complexity index is 613. The van der Waals surface area contributed by atoms with Gasteiger partial charge in [-0.05, 0) is 32.4 Å². The lowest BCUT2D eigenvalue weighted by atomic mass is 10.2. The average Bonchev–Trinajstić information content (AvgIpc) is 2.45. The van der Waals surface area contributed by atoms with E-state index >= 15 is 0 Å². The molecule has 0 spiro atoms. The maximum absolute atomic E-state index is 5.97. The van der Waals surface area contributed by atoms with Crippen molar-refractivity contribution < 1.29 is 4.74 Å². The number of benzene rings is 1. The number of aromatic nitrogens is 2. The first-order valence-electron chi connectivity index (χ1n) is 7.27. The molecule has 1 aromatic carbocycles. The molecule has 0 saturated heterocycles. The van der Waals surface area contributed by atoms with Gasteiger partial charge in [0.2, 0.25) is 0 Å². The number of nitrogens with two attached hydrogens (primary N) is 1. The van der Waals surface area contributed by atoms with E-state index in [1.54, 1.807) is 0 Å². The van der Waals surface area contributed by atoms with E-state index in [2.05, 4.69) is 22.2 Å². The van der Waals surface area contributed by atoms with Crippen molar-refractivity contribution in [2.75, 3.05) is 17.7 Å². The van der Waals surface area contributed by atoms with E-state index in [4.69, 9.17) is 10.5 Å². The van der Waals surface area contributed by atoms with Crippen molar-refractivity contribution in [3.8, 4) is 5.75 Å². The lowest BCUT2D eigenvalue weighted by Gasteiger charge is -2.13. The quantitative estimate of drug-likeness (QED) is 0.850. The number of nitrogen functional groups attached to an aromatic ring is 1. The van der Waals surface area contributed by atoms with Gasteiger partial charge in [-0.1, -0.05) is 13.0 Å². The molecule has 5 heteroatoms. The SMILES string of the molecule is CCCc1nc(N)c(C)c(Nc2cccc(OCC)c2)n1. The van der Waals surface area contributed by atoms with Crippen molar-refractivity contribution >= 4 is 17.3 Å². The summed E-state index contributed by atoms with van der Waals surface area (Å²) in [5, 5.41) is 3.30. The van der Waals surface area contributed by atoms with Crippen LogP contribution in [0.4, 0.5) is 17.3 Å². The largest absolute Gasteiger partial charge is 0.494 e. The second-order valence-corrected chi connectivity index (χ2v) is 4.83. The van der Waals surface area contributed by atoms with Crippen molar-refractivity contribution in [3.05, 3.63) is 35.7 Å². The Labute approximate surface area is 125 Å². The van der Waals surface area contributed by atoms with E-state index in [1.807, 2.05) is 38.1 Å². The van der Waals surface area contributed by atoms with Crippen LogP contribution in [0.25, 0.3) is 0 Å².